The van der Waals surface area contributed by atoms with E-state index in [1.54, 1.807) is 0 Å². The Bertz CT molecular complexity index is 345. The monoisotopic (exact) mass is 298 g/mol. The topological polar surface area (TPSA) is 99.3 Å². The number of hydrogen-bond acceptors (Lipinski definition) is 5. The molecule has 0 aromatic rings. The van der Waals surface area contributed by atoms with Gasteiger partial charge in [-0.3, -0.25) is 9.59 Å². The van der Waals surface area contributed by atoms with Crippen LogP contribution in [0.4, 0.5) is 0 Å². The number of amides is 2. The Morgan fingerprint density at radius 3 is 2.24 bits per heavy atom. The molecule has 0 aromatic heterocycles. The van der Waals surface area contributed by atoms with Crippen molar-refractivity contribution in [1.29, 1.82) is 0 Å². The summed E-state index contributed by atoms with van der Waals surface area (Å²) >= 11 is 0. The van der Waals surface area contributed by atoms with E-state index in [0.29, 0.717) is 44.3 Å². The maximum absolute atomic E-state index is 11.5. The van der Waals surface area contributed by atoms with Gasteiger partial charge in [-0.05, 0) is 26.4 Å². The summed E-state index contributed by atoms with van der Waals surface area (Å²) in [6, 6.07) is 0. The largest absolute Gasteiger partial charge is 0.387 e. The summed E-state index contributed by atoms with van der Waals surface area (Å²) in [6.07, 6.45) is 2.94. The summed E-state index contributed by atoms with van der Waals surface area (Å²) in [5, 5.41) is 11.3. The highest BCUT2D eigenvalue weighted by atomic mass is 16.2. The smallest absolute Gasteiger partial charge is 0.220 e. The van der Waals surface area contributed by atoms with Crippen molar-refractivity contribution < 1.29 is 14.4 Å². The molecule has 0 aliphatic carbocycles. The molecule has 0 fully saturated rings. The van der Waals surface area contributed by atoms with E-state index >= 15 is 0 Å². The van der Waals surface area contributed by atoms with Crippen LogP contribution in [0.25, 0.3) is 0 Å². The first-order chi connectivity index (χ1) is 10.1. The average Bonchev–Trinajstić information content (AvgIpc) is 2.47. The van der Waals surface area contributed by atoms with Crippen molar-refractivity contribution in [2.45, 2.75) is 25.7 Å². The molecule has 0 saturated heterocycles. The van der Waals surface area contributed by atoms with Gasteiger partial charge in [0.1, 0.15) is 6.29 Å². The van der Waals surface area contributed by atoms with Crippen LogP contribution < -0.4 is 21.3 Å². The molecule has 4 N–H and O–H groups in total. The van der Waals surface area contributed by atoms with Crippen molar-refractivity contribution in [3.8, 4) is 0 Å². The molecule has 0 aliphatic rings. The van der Waals surface area contributed by atoms with Crippen molar-refractivity contribution in [3.63, 3.8) is 0 Å². The van der Waals surface area contributed by atoms with E-state index in [2.05, 4.69) is 27.8 Å². The van der Waals surface area contributed by atoms with Crippen LogP contribution in [0.2, 0.25) is 0 Å². The third-order valence-electron chi connectivity index (χ3n) is 2.67. The van der Waals surface area contributed by atoms with Crippen molar-refractivity contribution >= 4 is 18.1 Å². The van der Waals surface area contributed by atoms with Gasteiger partial charge in [-0.15, -0.1) is 0 Å². The summed E-state index contributed by atoms with van der Waals surface area (Å²) < 4.78 is 0. The zero-order valence-corrected chi connectivity index (χ0v) is 12.7. The zero-order valence-electron chi connectivity index (χ0n) is 12.7. The van der Waals surface area contributed by atoms with Gasteiger partial charge in [0.2, 0.25) is 11.8 Å². The number of rotatable bonds is 13. The normalized spacial score (nSPS) is 9.76. The third-order valence-corrected chi connectivity index (χ3v) is 2.67. The molecule has 0 rings (SSSR count). The summed E-state index contributed by atoms with van der Waals surface area (Å²) in [5.41, 5.74) is 0.713. The standard InChI is InChI=1S/C14H26N4O3/c1-12(11-18-14(21)5-3-7-15-2)16-8-4-6-13(20)17-9-10-19/h10,15-16H,1,3-9,11H2,2H3,(H,17,20)(H,18,21). The highest BCUT2D eigenvalue weighted by molar-refractivity contribution is 5.78. The van der Waals surface area contributed by atoms with Crippen molar-refractivity contribution in [2.75, 3.05) is 33.2 Å². The Morgan fingerprint density at radius 2 is 1.62 bits per heavy atom. The Hall–Kier alpha value is -1.89. The van der Waals surface area contributed by atoms with E-state index in [9.17, 15) is 14.4 Å². The summed E-state index contributed by atoms with van der Waals surface area (Å²) in [4.78, 5) is 32.7. The first-order valence-electron chi connectivity index (χ1n) is 7.13. The van der Waals surface area contributed by atoms with Gasteiger partial charge >= 0.3 is 0 Å². The molecule has 0 saturated carbocycles. The molecule has 0 spiro atoms. The Labute approximate surface area is 125 Å². The number of nitrogens with one attached hydrogen (secondary N) is 4. The number of carbonyl (C=O) groups is 3. The lowest BCUT2D eigenvalue weighted by atomic mass is 10.2. The summed E-state index contributed by atoms with van der Waals surface area (Å²) in [7, 11) is 1.85. The molecule has 0 bridgehead atoms. The molecular formula is C14H26N4O3. The second-order valence-corrected chi connectivity index (χ2v) is 4.59. The van der Waals surface area contributed by atoms with Gasteiger partial charge in [0.05, 0.1) is 13.1 Å². The minimum atomic E-state index is -0.146. The van der Waals surface area contributed by atoms with Crippen molar-refractivity contribution in [1.82, 2.24) is 21.3 Å². The quantitative estimate of drug-likeness (QED) is 0.266. The highest BCUT2D eigenvalue weighted by Gasteiger charge is 2.02. The van der Waals surface area contributed by atoms with Crippen LogP contribution >= 0.6 is 0 Å². The molecule has 0 atom stereocenters. The van der Waals surface area contributed by atoms with Gasteiger partial charge in [0.15, 0.2) is 0 Å². The number of aldehydes is 1. The van der Waals surface area contributed by atoms with Crippen LogP contribution in [0.1, 0.15) is 25.7 Å². The average molecular weight is 298 g/mol. The molecule has 2 amide bonds. The molecule has 0 radical (unpaired) electrons. The van der Waals surface area contributed by atoms with Crippen LogP contribution in [0.15, 0.2) is 12.3 Å². The lowest BCUT2D eigenvalue weighted by molar-refractivity contribution is -0.122. The number of hydrogen-bond donors (Lipinski definition) is 4. The van der Waals surface area contributed by atoms with E-state index < -0.39 is 0 Å². The van der Waals surface area contributed by atoms with Gasteiger partial charge in [-0.25, -0.2) is 0 Å². The van der Waals surface area contributed by atoms with Crippen molar-refractivity contribution in [3.05, 3.63) is 12.3 Å². The molecule has 0 heterocycles. The second-order valence-electron chi connectivity index (χ2n) is 4.59. The molecule has 0 aromatic carbocycles. The predicted octanol–water partition coefficient (Wildman–Crippen LogP) is -0.699. The van der Waals surface area contributed by atoms with Gasteiger partial charge in [-0.1, -0.05) is 6.58 Å². The fraction of sp³-hybridized carbons (Fsp3) is 0.643. The lowest BCUT2D eigenvalue weighted by Gasteiger charge is -2.10. The van der Waals surface area contributed by atoms with Gasteiger partial charge in [0, 0.05) is 25.1 Å². The minimum Gasteiger partial charge on any atom is -0.387 e. The fourth-order valence-corrected chi connectivity index (χ4v) is 1.54. The predicted molar refractivity (Wildman–Crippen MR) is 81.6 cm³/mol. The summed E-state index contributed by atoms with van der Waals surface area (Å²) in [5.74, 6) is -0.145. The fourth-order valence-electron chi connectivity index (χ4n) is 1.54. The molecule has 7 heteroatoms. The van der Waals surface area contributed by atoms with Crippen LogP contribution in [0.5, 0.6) is 0 Å². The molecule has 0 aliphatic heterocycles. The van der Waals surface area contributed by atoms with E-state index in [-0.39, 0.29) is 18.4 Å². The first kappa shape index (κ1) is 19.1. The van der Waals surface area contributed by atoms with E-state index in [4.69, 9.17) is 0 Å². The Balaban J connectivity index is 3.51. The van der Waals surface area contributed by atoms with Crippen molar-refractivity contribution in [2.24, 2.45) is 0 Å². The molecule has 21 heavy (non-hydrogen) atoms. The third kappa shape index (κ3) is 12.9. The van der Waals surface area contributed by atoms with Crippen LogP contribution in [-0.4, -0.2) is 51.3 Å². The zero-order chi connectivity index (χ0) is 15.9. The first-order valence-corrected chi connectivity index (χ1v) is 7.13. The maximum Gasteiger partial charge on any atom is 0.220 e. The molecule has 120 valence electrons. The van der Waals surface area contributed by atoms with Gasteiger partial charge in [0.25, 0.3) is 0 Å². The van der Waals surface area contributed by atoms with Crippen LogP contribution in [0.3, 0.4) is 0 Å². The lowest BCUT2D eigenvalue weighted by Crippen LogP contribution is -2.31. The molecular weight excluding hydrogens is 272 g/mol. The minimum absolute atomic E-state index is 0.00133. The van der Waals surface area contributed by atoms with E-state index in [0.717, 1.165) is 13.0 Å². The molecule has 7 nitrogen and oxygen atoms in total. The second kappa shape index (κ2) is 13.1. The van der Waals surface area contributed by atoms with E-state index in [1.165, 1.54) is 0 Å². The Morgan fingerprint density at radius 1 is 1.00 bits per heavy atom. The van der Waals surface area contributed by atoms with Gasteiger partial charge < -0.3 is 26.1 Å². The Kier molecular flexibility index (Phi) is 11.9. The highest BCUT2D eigenvalue weighted by Crippen LogP contribution is 1.91. The van der Waals surface area contributed by atoms with Crippen LogP contribution in [0, 0.1) is 0 Å². The summed E-state index contributed by atoms with van der Waals surface area (Å²) in [6.45, 7) is 5.66. The molecule has 0 unspecified atom stereocenters. The van der Waals surface area contributed by atoms with Crippen LogP contribution in [-0.2, 0) is 14.4 Å². The number of carbonyl (C=O) groups excluding carboxylic acids is 3. The SMILES string of the molecule is C=C(CNC(=O)CCCNC)NCCCC(=O)NCC=O. The van der Waals surface area contributed by atoms with Gasteiger partial charge in [-0.2, -0.15) is 0 Å². The van der Waals surface area contributed by atoms with E-state index in [1.807, 2.05) is 7.05 Å². The maximum atomic E-state index is 11.5.